The van der Waals surface area contributed by atoms with E-state index in [-0.39, 0.29) is 18.2 Å². The van der Waals surface area contributed by atoms with Crippen molar-refractivity contribution in [3.63, 3.8) is 0 Å². The van der Waals surface area contributed by atoms with Gasteiger partial charge in [-0.2, -0.15) is 5.10 Å². The number of nitrogens with zero attached hydrogens (tertiary/aromatic N) is 3. The molecular weight excluding hydrogens is 392 g/mol. The molecule has 0 aliphatic carbocycles. The van der Waals surface area contributed by atoms with E-state index in [4.69, 9.17) is 21.2 Å². The van der Waals surface area contributed by atoms with Crippen molar-refractivity contribution in [2.45, 2.75) is 6.61 Å². The molecule has 150 valence electrons. The summed E-state index contributed by atoms with van der Waals surface area (Å²) >= 11 is 6.27. The zero-order valence-corrected chi connectivity index (χ0v) is 17.1. The van der Waals surface area contributed by atoms with Gasteiger partial charge in [0.1, 0.15) is 13.7 Å². The number of hydrogen-bond acceptors (Lipinski definition) is 5. The summed E-state index contributed by atoms with van der Waals surface area (Å²) in [5.41, 5.74) is 3.13. The average Bonchev–Trinajstić information content (AvgIpc) is 3.11. The van der Waals surface area contributed by atoms with E-state index in [1.165, 1.54) is 7.11 Å². The van der Waals surface area contributed by atoms with Crippen molar-refractivity contribution in [1.29, 1.82) is 0 Å². The summed E-state index contributed by atoms with van der Waals surface area (Å²) < 4.78 is 7.62. The summed E-state index contributed by atoms with van der Waals surface area (Å²) in [5.74, 6) is 0.223. The Kier molecular flexibility index (Phi) is 6.51. The largest absolute Gasteiger partial charge is 0.473 e. The number of rotatable bonds is 7. The van der Waals surface area contributed by atoms with Gasteiger partial charge < -0.3 is 14.9 Å². The molecular formula is C21H21ClN4O3. The van der Waals surface area contributed by atoms with E-state index in [9.17, 15) is 4.79 Å². The third kappa shape index (κ3) is 4.57. The predicted molar refractivity (Wildman–Crippen MR) is 112 cm³/mol. The summed E-state index contributed by atoms with van der Waals surface area (Å²) in [4.78, 5) is 17.0. The second-order valence-electron chi connectivity index (χ2n) is 6.12. The summed E-state index contributed by atoms with van der Waals surface area (Å²) in [7, 11) is 4.73. The van der Waals surface area contributed by atoms with Gasteiger partial charge in [0.05, 0.1) is 10.7 Å². The molecule has 8 heteroatoms. The molecule has 3 rings (SSSR count). The number of ether oxygens (including phenoxy) is 1. The molecule has 0 fully saturated rings. The Labute approximate surface area is 173 Å². The standard InChI is InChI=1S/C21H21ClN4O3/c1-23-21(27)20(25-28-3)15-9-5-4-8-14(15)13-29-19-12-18(24-26(19)2)16-10-6-7-11-17(16)22/h4-12H,13H2,1-3H3,(H,23,27)/b25-20+. The Bertz CT molecular complexity index is 1050. The highest BCUT2D eigenvalue weighted by molar-refractivity contribution is 6.45. The lowest BCUT2D eigenvalue weighted by molar-refractivity contribution is -0.114. The molecule has 1 amide bonds. The molecule has 0 saturated carbocycles. The number of aryl methyl sites for hydroxylation is 1. The third-order valence-corrected chi connectivity index (χ3v) is 4.59. The van der Waals surface area contributed by atoms with Gasteiger partial charge in [0.15, 0.2) is 5.71 Å². The van der Waals surface area contributed by atoms with Gasteiger partial charge in [-0.1, -0.05) is 59.2 Å². The maximum atomic E-state index is 12.2. The number of carbonyl (C=O) groups excluding carboxylic acids is 1. The minimum absolute atomic E-state index is 0.177. The molecule has 0 aliphatic rings. The molecule has 1 aromatic heterocycles. The number of hydrogen-bond donors (Lipinski definition) is 1. The average molecular weight is 413 g/mol. The van der Waals surface area contributed by atoms with E-state index < -0.39 is 0 Å². The highest BCUT2D eigenvalue weighted by atomic mass is 35.5. The molecule has 0 radical (unpaired) electrons. The number of nitrogens with one attached hydrogen (secondary N) is 1. The van der Waals surface area contributed by atoms with Crippen molar-refractivity contribution in [2.24, 2.45) is 12.2 Å². The molecule has 7 nitrogen and oxygen atoms in total. The minimum atomic E-state index is -0.346. The van der Waals surface area contributed by atoms with E-state index in [2.05, 4.69) is 15.6 Å². The van der Waals surface area contributed by atoms with E-state index in [0.717, 1.165) is 11.1 Å². The van der Waals surface area contributed by atoms with Crippen LogP contribution in [0.4, 0.5) is 0 Å². The normalized spacial score (nSPS) is 11.2. The lowest BCUT2D eigenvalue weighted by Gasteiger charge is -2.12. The quantitative estimate of drug-likeness (QED) is 0.476. The maximum Gasteiger partial charge on any atom is 0.273 e. The van der Waals surface area contributed by atoms with Gasteiger partial charge in [0.25, 0.3) is 5.91 Å². The first-order valence-electron chi connectivity index (χ1n) is 8.88. The maximum absolute atomic E-state index is 12.2. The fourth-order valence-corrected chi connectivity index (χ4v) is 3.07. The Morgan fingerprint density at radius 3 is 2.66 bits per heavy atom. The monoisotopic (exact) mass is 412 g/mol. The molecule has 0 bridgehead atoms. The Morgan fingerprint density at radius 1 is 1.21 bits per heavy atom. The number of likely N-dealkylation sites (N-methyl/N-ethyl adjacent to an activating group) is 1. The van der Waals surface area contributed by atoms with E-state index >= 15 is 0 Å². The van der Waals surface area contributed by atoms with Gasteiger partial charge >= 0.3 is 0 Å². The Balaban J connectivity index is 1.86. The first kappa shape index (κ1) is 20.4. The molecule has 2 aromatic carbocycles. The van der Waals surface area contributed by atoms with Crippen molar-refractivity contribution in [1.82, 2.24) is 15.1 Å². The van der Waals surface area contributed by atoms with Gasteiger partial charge in [0, 0.05) is 31.3 Å². The zero-order valence-electron chi connectivity index (χ0n) is 16.3. The van der Waals surface area contributed by atoms with Crippen molar-refractivity contribution in [2.75, 3.05) is 14.2 Å². The Hall–Kier alpha value is -3.32. The number of aromatic nitrogens is 2. The SMILES string of the molecule is CNC(=O)/C(=N/OC)c1ccccc1COc1cc(-c2ccccc2Cl)nn1C. The minimum Gasteiger partial charge on any atom is -0.473 e. The van der Waals surface area contributed by atoms with Crippen molar-refractivity contribution < 1.29 is 14.4 Å². The van der Waals surface area contributed by atoms with Gasteiger partial charge in [-0.15, -0.1) is 0 Å². The van der Waals surface area contributed by atoms with Crippen molar-refractivity contribution in [3.05, 3.63) is 70.7 Å². The molecule has 0 spiro atoms. The third-order valence-electron chi connectivity index (χ3n) is 4.26. The van der Waals surface area contributed by atoms with Crippen LogP contribution >= 0.6 is 11.6 Å². The van der Waals surface area contributed by atoms with Crippen LogP contribution in [0.15, 0.2) is 59.8 Å². The smallest absolute Gasteiger partial charge is 0.273 e. The predicted octanol–water partition coefficient (Wildman–Crippen LogP) is 3.42. The molecule has 0 atom stereocenters. The van der Waals surface area contributed by atoms with Gasteiger partial charge in [0.2, 0.25) is 5.88 Å². The second-order valence-corrected chi connectivity index (χ2v) is 6.53. The zero-order chi connectivity index (χ0) is 20.8. The van der Waals surface area contributed by atoms with Crippen LogP contribution in [0.3, 0.4) is 0 Å². The van der Waals surface area contributed by atoms with Crippen LogP contribution in [0.1, 0.15) is 11.1 Å². The summed E-state index contributed by atoms with van der Waals surface area (Å²) in [6.07, 6.45) is 0. The van der Waals surface area contributed by atoms with Crippen LogP contribution in [0.25, 0.3) is 11.3 Å². The molecule has 0 saturated heterocycles. The van der Waals surface area contributed by atoms with Crippen LogP contribution < -0.4 is 10.1 Å². The number of amides is 1. The van der Waals surface area contributed by atoms with E-state index in [1.807, 2.05) is 48.5 Å². The van der Waals surface area contributed by atoms with Crippen LogP contribution in [0, 0.1) is 0 Å². The molecule has 29 heavy (non-hydrogen) atoms. The molecule has 0 unspecified atom stereocenters. The van der Waals surface area contributed by atoms with Gasteiger partial charge in [-0.25, -0.2) is 4.68 Å². The first-order chi connectivity index (χ1) is 14.0. The molecule has 3 aromatic rings. The first-order valence-corrected chi connectivity index (χ1v) is 9.26. The van der Waals surface area contributed by atoms with E-state index in [0.29, 0.717) is 22.2 Å². The van der Waals surface area contributed by atoms with Crippen LogP contribution in [0.5, 0.6) is 5.88 Å². The molecule has 1 N–H and O–H groups in total. The topological polar surface area (TPSA) is 77.7 Å². The van der Waals surface area contributed by atoms with E-state index in [1.54, 1.807) is 24.8 Å². The summed E-state index contributed by atoms with van der Waals surface area (Å²) in [5, 5.41) is 11.5. The Morgan fingerprint density at radius 2 is 1.93 bits per heavy atom. The molecule has 1 heterocycles. The highest BCUT2D eigenvalue weighted by Gasteiger charge is 2.18. The van der Waals surface area contributed by atoms with Crippen molar-refractivity contribution in [3.8, 4) is 17.1 Å². The number of benzene rings is 2. The number of oxime groups is 1. The number of carbonyl (C=O) groups is 1. The lowest BCUT2D eigenvalue weighted by Crippen LogP contribution is -2.29. The summed E-state index contributed by atoms with van der Waals surface area (Å²) in [6, 6.07) is 16.7. The fraction of sp³-hybridized carbons (Fsp3) is 0.190. The lowest BCUT2D eigenvalue weighted by atomic mass is 10.0. The van der Waals surface area contributed by atoms with Crippen LogP contribution in [0.2, 0.25) is 5.02 Å². The number of halogens is 1. The molecule has 0 aliphatic heterocycles. The highest BCUT2D eigenvalue weighted by Crippen LogP contribution is 2.29. The van der Waals surface area contributed by atoms with Crippen LogP contribution in [-0.2, 0) is 23.3 Å². The van der Waals surface area contributed by atoms with Gasteiger partial charge in [-0.05, 0) is 11.6 Å². The summed E-state index contributed by atoms with van der Waals surface area (Å²) in [6.45, 7) is 0.220. The second kappa shape index (κ2) is 9.25. The fourth-order valence-electron chi connectivity index (χ4n) is 2.84. The van der Waals surface area contributed by atoms with Crippen molar-refractivity contribution >= 4 is 23.2 Å². The van der Waals surface area contributed by atoms with Crippen LogP contribution in [-0.4, -0.2) is 35.6 Å². The van der Waals surface area contributed by atoms with Gasteiger partial charge in [-0.3, -0.25) is 4.79 Å².